The van der Waals surface area contributed by atoms with E-state index in [9.17, 15) is 14.4 Å². The molecule has 152 valence electrons. The zero-order valence-electron chi connectivity index (χ0n) is 16.9. The number of rotatable bonds is 5. The number of methoxy groups -OCH3 is 1. The van der Waals surface area contributed by atoms with Crippen LogP contribution in [-0.4, -0.2) is 30.6 Å². The Hall–Kier alpha value is -2.63. The topological polar surface area (TPSA) is 78.9 Å². The van der Waals surface area contributed by atoms with Gasteiger partial charge in [0.1, 0.15) is 12.2 Å². The van der Waals surface area contributed by atoms with E-state index in [1.165, 1.54) is 13.2 Å². The fraction of sp³-hybridized carbons (Fsp3) is 0.500. The van der Waals surface area contributed by atoms with E-state index in [-0.39, 0.29) is 6.61 Å². The predicted octanol–water partition coefficient (Wildman–Crippen LogP) is 3.59. The minimum absolute atomic E-state index is 0.0999. The fourth-order valence-electron chi connectivity index (χ4n) is 3.24. The largest absolute Gasteiger partial charge is 0.466 e. The van der Waals surface area contributed by atoms with Crippen LogP contribution in [0, 0.1) is 11.8 Å². The summed E-state index contributed by atoms with van der Waals surface area (Å²) < 4.78 is 15.7. The summed E-state index contributed by atoms with van der Waals surface area (Å²) in [4.78, 5) is 37.4. The van der Waals surface area contributed by atoms with Gasteiger partial charge in [0.2, 0.25) is 0 Å². The number of hydrogen-bond acceptors (Lipinski definition) is 6. The van der Waals surface area contributed by atoms with Crippen LogP contribution in [0.3, 0.4) is 0 Å². The van der Waals surface area contributed by atoms with Crippen LogP contribution in [0.15, 0.2) is 42.0 Å². The molecule has 1 aromatic carbocycles. The quantitative estimate of drug-likeness (QED) is 0.436. The maximum absolute atomic E-state index is 12.9. The van der Waals surface area contributed by atoms with Crippen molar-refractivity contribution in [2.75, 3.05) is 7.11 Å². The van der Waals surface area contributed by atoms with Crippen LogP contribution in [0.2, 0.25) is 0 Å². The smallest absolute Gasteiger partial charge is 0.330 e. The van der Waals surface area contributed by atoms with Crippen LogP contribution in [0.5, 0.6) is 0 Å². The van der Waals surface area contributed by atoms with Gasteiger partial charge in [-0.25, -0.2) is 4.79 Å². The molecule has 0 N–H and O–H groups in total. The molecule has 0 heterocycles. The first-order valence-corrected chi connectivity index (χ1v) is 9.43. The summed E-state index contributed by atoms with van der Waals surface area (Å²) in [5, 5.41) is 0. The Bertz CT molecular complexity index is 729. The van der Waals surface area contributed by atoms with Crippen molar-refractivity contribution in [1.82, 2.24) is 0 Å². The summed E-state index contributed by atoms with van der Waals surface area (Å²) in [5.74, 6) is -3.08. The average Bonchev–Trinajstić information content (AvgIpc) is 2.65. The van der Waals surface area contributed by atoms with Gasteiger partial charge in [0.15, 0.2) is 0 Å². The highest BCUT2D eigenvalue weighted by atomic mass is 16.6. The second kappa shape index (κ2) is 9.53. The molecule has 6 heteroatoms. The third-order valence-electron chi connectivity index (χ3n) is 4.47. The maximum Gasteiger partial charge on any atom is 0.330 e. The molecule has 0 unspecified atom stereocenters. The SMILES string of the molecule is COC(=O)C=C1CCC[C@H](C(=O)OC(C)(C)C)[C@@H]1C(=O)OCc1ccccc1. The van der Waals surface area contributed by atoms with Crippen molar-refractivity contribution in [2.24, 2.45) is 11.8 Å². The van der Waals surface area contributed by atoms with Gasteiger partial charge >= 0.3 is 17.9 Å². The Morgan fingerprint density at radius 2 is 1.79 bits per heavy atom. The molecule has 6 nitrogen and oxygen atoms in total. The summed E-state index contributed by atoms with van der Waals surface area (Å²) in [6.45, 7) is 5.44. The lowest BCUT2D eigenvalue weighted by atomic mass is 9.75. The number of benzene rings is 1. The highest BCUT2D eigenvalue weighted by molar-refractivity contribution is 5.89. The molecule has 1 fully saturated rings. The molecule has 2 rings (SSSR count). The molecule has 1 aromatic rings. The van der Waals surface area contributed by atoms with Gasteiger partial charge in [-0.3, -0.25) is 9.59 Å². The Morgan fingerprint density at radius 3 is 2.39 bits per heavy atom. The Kier molecular flexibility index (Phi) is 7.38. The van der Waals surface area contributed by atoms with Crippen molar-refractivity contribution >= 4 is 17.9 Å². The zero-order valence-corrected chi connectivity index (χ0v) is 16.9. The molecule has 0 radical (unpaired) electrons. The Labute approximate surface area is 165 Å². The van der Waals surface area contributed by atoms with Crippen LogP contribution in [0.25, 0.3) is 0 Å². The minimum Gasteiger partial charge on any atom is -0.466 e. The maximum atomic E-state index is 12.9. The molecule has 28 heavy (non-hydrogen) atoms. The van der Waals surface area contributed by atoms with Crippen molar-refractivity contribution in [3.05, 3.63) is 47.5 Å². The van der Waals surface area contributed by atoms with E-state index in [0.29, 0.717) is 24.8 Å². The second-order valence-electron chi connectivity index (χ2n) is 7.85. The average molecular weight is 388 g/mol. The standard InChI is InChI=1S/C22H28O6/c1-22(2,3)28-20(24)17-12-8-11-16(13-18(23)26-4)19(17)21(25)27-14-15-9-6-5-7-10-15/h5-7,9-10,13,17,19H,8,11-12,14H2,1-4H3/t17-,19+/m0/s1. The third-order valence-corrected chi connectivity index (χ3v) is 4.47. The minimum atomic E-state index is -0.855. The molecule has 0 spiro atoms. The van der Waals surface area contributed by atoms with Crippen LogP contribution in [0.1, 0.15) is 45.6 Å². The van der Waals surface area contributed by atoms with E-state index in [2.05, 4.69) is 0 Å². The normalized spacial score (nSPS) is 21.1. The number of ether oxygens (including phenoxy) is 3. The summed E-state index contributed by atoms with van der Waals surface area (Å²) >= 11 is 0. The van der Waals surface area contributed by atoms with Gasteiger partial charge in [0.05, 0.1) is 18.9 Å². The fourth-order valence-corrected chi connectivity index (χ4v) is 3.24. The zero-order chi connectivity index (χ0) is 20.7. The van der Waals surface area contributed by atoms with E-state index in [1.807, 2.05) is 30.3 Å². The van der Waals surface area contributed by atoms with Crippen molar-refractivity contribution in [2.45, 2.75) is 52.2 Å². The molecule has 1 aliphatic carbocycles. The lowest BCUT2D eigenvalue weighted by molar-refractivity contribution is -0.168. The van der Waals surface area contributed by atoms with Crippen LogP contribution < -0.4 is 0 Å². The molecule has 2 atom stereocenters. The lowest BCUT2D eigenvalue weighted by Gasteiger charge is -2.32. The monoisotopic (exact) mass is 388 g/mol. The Balaban J connectivity index is 2.24. The molecule has 0 amide bonds. The summed E-state index contributed by atoms with van der Waals surface area (Å²) in [5.41, 5.74) is 0.727. The van der Waals surface area contributed by atoms with Crippen molar-refractivity contribution < 1.29 is 28.6 Å². The van der Waals surface area contributed by atoms with E-state index in [4.69, 9.17) is 14.2 Å². The summed E-state index contributed by atoms with van der Waals surface area (Å²) in [6.07, 6.45) is 3.00. The van der Waals surface area contributed by atoms with E-state index < -0.39 is 35.3 Å². The first-order valence-electron chi connectivity index (χ1n) is 9.43. The summed E-state index contributed by atoms with van der Waals surface area (Å²) in [6, 6.07) is 9.29. The number of esters is 3. The number of carbonyl (C=O) groups excluding carboxylic acids is 3. The number of carbonyl (C=O) groups is 3. The van der Waals surface area contributed by atoms with Crippen molar-refractivity contribution in [1.29, 1.82) is 0 Å². The first kappa shape index (κ1) is 21.7. The van der Waals surface area contributed by atoms with Gasteiger partial charge in [-0.15, -0.1) is 0 Å². The highest BCUT2D eigenvalue weighted by Gasteiger charge is 2.42. The first-order chi connectivity index (χ1) is 13.2. The number of hydrogen-bond donors (Lipinski definition) is 0. The van der Waals surface area contributed by atoms with Gasteiger partial charge < -0.3 is 14.2 Å². The van der Waals surface area contributed by atoms with E-state index in [0.717, 1.165) is 5.56 Å². The van der Waals surface area contributed by atoms with Crippen LogP contribution in [-0.2, 0) is 35.2 Å². The van der Waals surface area contributed by atoms with Gasteiger partial charge in [0.25, 0.3) is 0 Å². The molecular weight excluding hydrogens is 360 g/mol. The third kappa shape index (κ3) is 6.22. The van der Waals surface area contributed by atoms with Gasteiger partial charge in [-0.2, -0.15) is 0 Å². The van der Waals surface area contributed by atoms with Crippen LogP contribution in [0.4, 0.5) is 0 Å². The van der Waals surface area contributed by atoms with E-state index >= 15 is 0 Å². The second-order valence-corrected chi connectivity index (χ2v) is 7.85. The van der Waals surface area contributed by atoms with Gasteiger partial charge in [-0.05, 0) is 51.2 Å². The summed E-state index contributed by atoms with van der Waals surface area (Å²) in [7, 11) is 1.27. The molecule has 1 aliphatic rings. The molecule has 0 aliphatic heterocycles. The van der Waals surface area contributed by atoms with Crippen molar-refractivity contribution in [3.8, 4) is 0 Å². The van der Waals surface area contributed by atoms with Crippen molar-refractivity contribution in [3.63, 3.8) is 0 Å². The van der Waals surface area contributed by atoms with Gasteiger partial charge in [0, 0.05) is 6.08 Å². The molecule has 1 saturated carbocycles. The molecular formula is C22H28O6. The molecule has 0 aromatic heterocycles. The highest BCUT2D eigenvalue weighted by Crippen LogP contribution is 2.37. The van der Waals surface area contributed by atoms with E-state index in [1.54, 1.807) is 20.8 Å². The molecule has 0 bridgehead atoms. The van der Waals surface area contributed by atoms with Crippen LogP contribution >= 0.6 is 0 Å². The predicted molar refractivity (Wildman–Crippen MR) is 103 cm³/mol. The van der Waals surface area contributed by atoms with Gasteiger partial charge in [-0.1, -0.05) is 30.3 Å². The molecule has 0 saturated heterocycles. The Morgan fingerprint density at radius 1 is 1.11 bits per heavy atom. The lowest BCUT2D eigenvalue weighted by Crippen LogP contribution is -2.39.